The lowest BCUT2D eigenvalue weighted by Crippen LogP contribution is -3.14. The van der Waals surface area contributed by atoms with Crippen molar-refractivity contribution in [1.29, 1.82) is 0 Å². The molecule has 0 unspecified atom stereocenters. The van der Waals surface area contributed by atoms with Crippen LogP contribution < -0.4 is 20.5 Å². The standard InChI is InChI=1S/C16H25ClN6OS2/c17-14-13(26-16(20-14)23-5-2-1-3-6-23)12-19-21-15(25)18-4-7-22-8-10-24-11-9-22/h12H,1-11H2,(H2,18,21,25)/p+1/b19-12-. The number of rotatable bonds is 6. The molecule has 2 aliphatic heterocycles. The Labute approximate surface area is 168 Å². The van der Waals surface area contributed by atoms with Gasteiger partial charge in [-0.3, -0.25) is 5.43 Å². The molecule has 0 atom stereocenters. The van der Waals surface area contributed by atoms with Crippen molar-refractivity contribution in [3.05, 3.63) is 10.0 Å². The average molecular weight is 418 g/mol. The Morgan fingerprint density at radius 1 is 1.35 bits per heavy atom. The Hall–Kier alpha value is -1.00. The topological polar surface area (TPSA) is 66.2 Å². The third kappa shape index (κ3) is 6.02. The fraction of sp³-hybridized carbons (Fsp3) is 0.688. The van der Waals surface area contributed by atoms with E-state index in [1.165, 1.54) is 24.2 Å². The van der Waals surface area contributed by atoms with Crippen LogP contribution in [0.15, 0.2) is 5.10 Å². The number of halogens is 1. The van der Waals surface area contributed by atoms with Gasteiger partial charge in [0.15, 0.2) is 15.4 Å². The number of hydrogen-bond acceptors (Lipinski definition) is 6. The number of thiocarbonyl (C=S) groups is 1. The Balaban J connectivity index is 1.40. The van der Waals surface area contributed by atoms with Crippen LogP contribution in [0.2, 0.25) is 5.15 Å². The lowest BCUT2D eigenvalue weighted by Gasteiger charge is -2.25. The molecule has 3 N–H and O–H groups in total. The van der Waals surface area contributed by atoms with Crippen molar-refractivity contribution < 1.29 is 9.64 Å². The molecule has 3 heterocycles. The minimum atomic E-state index is 0.496. The van der Waals surface area contributed by atoms with Crippen LogP contribution in [0.3, 0.4) is 0 Å². The smallest absolute Gasteiger partial charge is 0.187 e. The van der Waals surface area contributed by atoms with Gasteiger partial charge in [0.25, 0.3) is 0 Å². The number of anilines is 1. The van der Waals surface area contributed by atoms with Crippen LogP contribution >= 0.6 is 35.2 Å². The summed E-state index contributed by atoms with van der Waals surface area (Å²) in [5.74, 6) is 0. The van der Waals surface area contributed by atoms with Gasteiger partial charge in [0, 0.05) is 13.1 Å². The molecular formula is C16H26ClN6OS2+. The normalized spacial score (nSPS) is 19.0. The zero-order valence-electron chi connectivity index (χ0n) is 14.8. The highest BCUT2D eigenvalue weighted by Gasteiger charge is 2.17. The van der Waals surface area contributed by atoms with Gasteiger partial charge in [-0.05, 0) is 31.5 Å². The molecule has 3 rings (SSSR count). The lowest BCUT2D eigenvalue weighted by atomic mass is 10.1. The van der Waals surface area contributed by atoms with Crippen LogP contribution in [-0.4, -0.2) is 68.8 Å². The first-order valence-corrected chi connectivity index (χ1v) is 10.7. The average Bonchev–Trinajstić information content (AvgIpc) is 3.04. The number of morpholine rings is 1. The molecule has 0 aliphatic carbocycles. The number of quaternary nitrogens is 1. The molecule has 0 saturated carbocycles. The minimum absolute atomic E-state index is 0.496. The maximum atomic E-state index is 6.24. The summed E-state index contributed by atoms with van der Waals surface area (Å²) in [4.78, 5) is 9.15. The van der Waals surface area contributed by atoms with Crippen LogP contribution in [0.4, 0.5) is 5.13 Å². The van der Waals surface area contributed by atoms with E-state index in [2.05, 4.69) is 25.7 Å². The maximum absolute atomic E-state index is 6.24. The molecule has 1 aromatic rings. The predicted molar refractivity (Wildman–Crippen MR) is 111 cm³/mol. The van der Waals surface area contributed by atoms with Crippen LogP contribution in [0.25, 0.3) is 0 Å². The number of nitrogens with one attached hydrogen (secondary N) is 3. The number of aromatic nitrogens is 1. The van der Waals surface area contributed by atoms with Gasteiger partial charge in [-0.15, -0.1) is 0 Å². The van der Waals surface area contributed by atoms with Gasteiger partial charge in [-0.1, -0.05) is 22.9 Å². The van der Waals surface area contributed by atoms with Gasteiger partial charge in [0.05, 0.1) is 37.4 Å². The molecule has 2 fully saturated rings. The first-order chi connectivity index (χ1) is 12.7. The van der Waals surface area contributed by atoms with Gasteiger partial charge < -0.3 is 19.9 Å². The van der Waals surface area contributed by atoms with E-state index in [4.69, 9.17) is 28.6 Å². The number of ether oxygens (including phenoxy) is 1. The molecule has 7 nitrogen and oxygen atoms in total. The van der Waals surface area contributed by atoms with Crippen molar-refractivity contribution in [1.82, 2.24) is 15.7 Å². The second kappa shape index (κ2) is 10.4. The van der Waals surface area contributed by atoms with Gasteiger partial charge in [-0.25, -0.2) is 4.98 Å². The highest BCUT2D eigenvalue weighted by Crippen LogP contribution is 2.30. The van der Waals surface area contributed by atoms with Gasteiger partial charge in [0.1, 0.15) is 13.1 Å². The number of piperidine rings is 1. The first kappa shape index (κ1) is 19.8. The maximum Gasteiger partial charge on any atom is 0.187 e. The van der Waals surface area contributed by atoms with Gasteiger partial charge in [-0.2, -0.15) is 5.10 Å². The monoisotopic (exact) mass is 417 g/mol. The molecule has 0 amide bonds. The molecule has 0 spiro atoms. The van der Waals surface area contributed by atoms with E-state index in [0.29, 0.717) is 10.3 Å². The van der Waals surface area contributed by atoms with Crippen molar-refractivity contribution in [3.8, 4) is 0 Å². The van der Waals surface area contributed by atoms with E-state index in [9.17, 15) is 0 Å². The highest BCUT2D eigenvalue weighted by molar-refractivity contribution is 7.80. The van der Waals surface area contributed by atoms with E-state index < -0.39 is 0 Å². The van der Waals surface area contributed by atoms with Crippen LogP contribution in [0.5, 0.6) is 0 Å². The largest absolute Gasteiger partial charge is 0.370 e. The predicted octanol–water partition coefficient (Wildman–Crippen LogP) is 0.500. The van der Waals surface area contributed by atoms with E-state index in [1.54, 1.807) is 17.6 Å². The minimum Gasteiger partial charge on any atom is -0.370 e. The fourth-order valence-corrected chi connectivity index (χ4v) is 4.38. The van der Waals surface area contributed by atoms with Gasteiger partial charge >= 0.3 is 0 Å². The number of thiazole rings is 1. The molecule has 2 saturated heterocycles. The third-order valence-corrected chi connectivity index (χ3v) is 6.22. The summed E-state index contributed by atoms with van der Waals surface area (Å²) in [7, 11) is 0. The first-order valence-electron chi connectivity index (χ1n) is 9.12. The Kier molecular flexibility index (Phi) is 7.87. The second-order valence-corrected chi connectivity index (χ2v) is 8.21. The van der Waals surface area contributed by atoms with E-state index >= 15 is 0 Å². The zero-order chi connectivity index (χ0) is 18.2. The number of hydrogen-bond donors (Lipinski definition) is 3. The second-order valence-electron chi connectivity index (χ2n) is 6.44. The van der Waals surface area contributed by atoms with E-state index in [0.717, 1.165) is 62.5 Å². The number of nitrogens with zero attached hydrogens (tertiary/aromatic N) is 3. The van der Waals surface area contributed by atoms with Crippen molar-refractivity contribution in [2.45, 2.75) is 19.3 Å². The quantitative estimate of drug-likeness (QED) is 0.356. The summed E-state index contributed by atoms with van der Waals surface area (Å²) >= 11 is 13.1. The van der Waals surface area contributed by atoms with Crippen LogP contribution in [0.1, 0.15) is 24.1 Å². The van der Waals surface area contributed by atoms with Crippen molar-refractivity contribution in [2.75, 3.05) is 57.4 Å². The summed E-state index contributed by atoms with van der Waals surface area (Å²) in [5.41, 5.74) is 2.85. The molecular weight excluding hydrogens is 392 g/mol. The van der Waals surface area contributed by atoms with Crippen molar-refractivity contribution in [2.24, 2.45) is 5.10 Å². The third-order valence-electron chi connectivity index (χ3n) is 4.54. The Morgan fingerprint density at radius 2 is 2.12 bits per heavy atom. The molecule has 1 aromatic heterocycles. The van der Waals surface area contributed by atoms with E-state index in [-0.39, 0.29) is 0 Å². The van der Waals surface area contributed by atoms with E-state index in [1.807, 2.05) is 0 Å². The molecule has 0 aromatic carbocycles. The molecule has 0 bridgehead atoms. The molecule has 2 aliphatic rings. The summed E-state index contributed by atoms with van der Waals surface area (Å²) < 4.78 is 5.36. The van der Waals surface area contributed by atoms with Crippen molar-refractivity contribution in [3.63, 3.8) is 0 Å². The Morgan fingerprint density at radius 3 is 2.88 bits per heavy atom. The summed E-state index contributed by atoms with van der Waals surface area (Å²) in [6.07, 6.45) is 5.42. The zero-order valence-corrected chi connectivity index (χ0v) is 17.2. The summed E-state index contributed by atoms with van der Waals surface area (Å²) in [5, 5.41) is 9.36. The molecule has 144 valence electrons. The fourth-order valence-electron chi connectivity index (χ4n) is 3.05. The van der Waals surface area contributed by atoms with Crippen molar-refractivity contribution >= 4 is 51.6 Å². The Bertz CT molecular complexity index is 614. The SMILES string of the molecule is S=C(NCC[NH+]1CCOCC1)N/N=C\c1sc(N2CCCCC2)nc1Cl. The number of hydrazone groups is 1. The molecule has 26 heavy (non-hydrogen) atoms. The van der Waals surface area contributed by atoms with Gasteiger partial charge in [0.2, 0.25) is 0 Å². The molecule has 10 heteroatoms. The molecule has 0 radical (unpaired) electrons. The summed E-state index contributed by atoms with van der Waals surface area (Å²) in [6, 6.07) is 0. The summed E-state index contributed by atoms with van der Waals surface area (Å²) in [6.45, 7) is 7.75. The highest BCUT2D eigenvalue weighted by atomic mass is 35.5. The van der Waals surface area contributed by atoms with Crippen LogP contribution in [-0.2, 0) is 4.74 Å². The lowest BCUT2D eigenvalue weighted by molar-refractivity contribution is -0.906. The van der Waals surface area contributed by atoms with Crippen LogP contribution in [0, 0.1) is 0 Å².